The fourth-order valence-corrected chi connectivity index (χ4v) is 2.61. The number of alkyl halides is 3. The Bertz CT molecular complexity index is 561. The summed E-state index contributed by atoms with van der Waals surface area (Å²) in [6.45, 7) is 4.36. The third kappa shape index (κ3) is 5.13. The minimum Gasteiger partial charge on any atom is -0.378 e. The van der Waals surface area contributed by atoms with E-state index in [-0.39, 0.29) is 24.7 Å². The Kier molecular flexibility index (Phi) is 5.51. The maximum Gasteiger partial charge on any atom is 0.416 e. The fraction of sp³-hybridized carbons (Fsp3) is 0.562. The SMILES string of the molecule is Cc1cc(C(F)(F)F)ccc1CNC(=O)N[C@H]1CCO[C@@H](C)C1. The van der Waals surface area contributed by atoms with Crippen LogP contribution in [0.1, 0.15) is 36.5 Å². The maximum atomic E-state index is 12.6. The molecule has 2 atom stereocenters. The molecule has 0 unspecified atom stereocenters. The van der Waals surface area contributed by atoms with Crippen molar-refractivity contribution in [3.63, 3.8) is 0 Å². The van der Waals surface area contributed by atoms with E-state index in [0.717, 1.165) is 25.0 Å². The molecule has 1 saturated heterocycles. The summed E-state index contributed by atoms with van der Waals surface area (Å²) >= 11 is 0. The van der Waals surface area contributed by atoms with Crippen molar-refractivity contribution in [2.45, 2.75) is 51.6 Å². The topological polar surface area (TPSA) is 50.4 Å². The van der Waals surface area contributed by atoms with Crippen LogP contribution in [0.3, 0.4) is 0 Å². The molecule has 1 fully saturated rings. The monoisotopic (exact) mass is 330 g/mol. The highest BCUT2D eigenvalue weighted by Gasteiger charge is 2.30. The number of ether oxygens (including phenoxy) is 1. The molecule has 0 saturated carbocycles. The van der Waals surface area contributed by atoms with Crippen LogP contribution in [-0.4, -0.2) is 24.8 Å². The molecule has 1 aliphatic heterocycles. The molecule has 0 radical (unpaired) electrons. The maximum absolute atomic E-state index is 12.6. The molecule has 1 aliphatic rings. The van der Waals surface area contributed by atoms with Crippen molar-refractivity contribution in [1.29, 1.82) is 0 Å². The van der Waals surface area contributed by atoms with Crippen LogP contribution in [0.15, 0.2) is 18.2 Å². The van der Waals surface area contributed by atoms with Gasteiger partial charge in [-0.3, -0.25) is 0 Å². The molecular formula is C16H21F3N2O2. The first-order valence-corrected chi connectivity index (χ1v) is 7.58. The smallest absolute Gasteiger partial charge is 0.378 e. The third-order valence-electron chi connectivity index (χ3n) is 3.93. The molecule has 2 rings (SSSR count). The van der Waals surface area contributed by atoms with Crippen molar-refractivity contribution < 1.29 is 22.7 Å². The Morgan fingerprint density at radius 1 is 1.39 bits per heavy atom. The van der Waals surface area contributed by atoms with Crippen molar-refractivity contribution in [3.05, 3.63) is 34.9 Å². The number of benzene rings is 1. The average Bonchev–Trinajstić information content (AvgIpc) is 2.45. The van der Waals surface area contributed by atoms with Crippen LogP contribution in [0.2, 0.25) is 0 Å². The minimum atomic E-state index is -4.35. The molecule has 0 spiro atoms. The van der Waals surface area contributed by atoms with Crippen LogP contribution in [0.4, 0.5) is 18.0 Å². The Hall–Kier alpha value is -1.76. The van der Waals surface area contributed by atoms with E-state index in [1.165, 1.54) is 6.07 Å². The van der Waals surface area contributed by atoms with Gasteiger partial charge in [0.2, 0.25) is 0 Å². The molecule has 7 heteroatoms. The van der Waals surface area contributed by atoms with E-state index in [9.17, 15) is 18.0 Å². The van der Waals surface area contributed by atoms with Crippen molar-refractivity contribution in [2.24, 2.45) is 0 Å². The molecular weight excluding hydrogens is 309 g/mol. The van der Waals surface area contributed by atoms with Crippen LogP contribution in [-0.2, 0) is 17.5 Å². The normalized spacial score (nSPS) is 21.8. The van der Waals surface area contributed by atoms with Crippen molar-refractivity contribution in [1.82, 2.24) is 10.6 Å². The largest absolute Gasteiger partial charge is 0.416 e. The van der Waals surface area contributed by atoms with Crippen LogP contribution >= 0.6 is 0 Å². The van der Waals surface area contributed by atoms with Crippen molar-refractivity contribution in [2.75, 3.05) is 6.61 Å². The lowest BCUT2D eigenvalue weighted by atomic mass is 10.0. The highest BCUT2D eigenvalue weighted by atomic mass is 19.4. The number of nitrogens with one attached hydrogen (secondary N) is 2. The summed E-state index contributed by atoms with van der Waals surface area (Å²) in [5.74, 6) is 0. The summed E-state index contributed by atoms with van der Waals surface area (Å²) < 4.78 is 43.3. The summed E-state index contributed by atoms with van der Waals surface area (Å²) in [4.78, 5) is 11.9. The lowest BCUT2D eigenvalue weighted by Gasteiger charge is -2.28. The zero-order chi connectivity index (χ0) is 17.0. The summed E-state index contributed by atoms with van der Waals surface area (Å²) in [7, 11) is 0. The summed E-state index contributed by atoms with van der Waals surface area (Å²) in [6.07, 6.45) is -2.72. The molecule has 2 N–H and O–H groups in total. The molecule has 128 valence electrons. The number of hydrogen-bond acceptors (Lipinski definition) is 2. The van der Waals surface area contributed by atoms with Crippen LogP contribution in [0, 0.1) is 6.92 Å². The first-order chi connectivity index (χ1) is 10.8. The zero-order valence-corrected chi connectivity index (χ0v) is 13.2. The third-order valence-corrected chi connectivity index (χ3v) is 3.93. The van der Waals surface area contributed by atoms with E-state index in [4.69, 9.17) is 4.74 Å². The number of amides is 2. The molecule has 0 aliphatic carbocycles. The van der Waals surface area contributed by atoms with Gasteiger partial charge in [-0.2, -0.15) is 13.2 Å². The van der Waals surface area contributed by atoms with Gasteiger partial charge in [0.25, 0.3) is 0 Å². The van der Waals surface area contributed by atoms with Crippen LogP contribution in [0.25, 0.3) is 0 Å². The zero-order valence-electron chi connectivity index (χ0n) is 13.2. The number of carbonyl (C=O) groups is 1. The lowest BCUT2D eigenvalue weighted by molar-refractivity contribution is -0.137. The Labute approximate surface area is 133 Å². The van der Waals surface area contributed by atoms with Gasteiger partial charge in [0.1, 0.15) is 0 Å². The Morgan fingerprint density at radius 2 is 2.13 bits per heavy atom. The molecule has 4 nitrogen and oxygen atoms in total. The predicted octanol–water partition coefficient (Wildman–Crippen LogP) is 3.38. The molecule has 1 aromatic carbocycles. The van der Waals surface area contributed by atoms with E-state index in [0.29, 0.717) is 17.7 Å². The minimum absolute atomic E-state index is 0.0625. The van der Waals surface area contributed by atoms with Gasteiger partial charge >= 0.3 is 12.2 Å². The molecule has 23 heavy (non-hydrogen) atoms. The number of halogens is 3. The lowest BCUT2D eigenvalue weighted by Crippen LogP contribution is -2.45. The highest BCUT2D eigenvalue weighted by molar-refractivity contribution is 5.74. The second kappa shape index (κ2) is 7.21. The van der Waals surface area contributed by atoms with E-state index in [1.807, 2.05) is 6.92 Å². The van der Waals surface area contributed by atoms with Gasteiger partial charge in [0, 0.05) is 19.2 Å². The summed E-state index contributed by atoms with van der Waals surface area (Å²) in [5, 5.41) is 5.55. The molecule has 2 amide bonds. The van der Waals surface area contributed by atoms with Gasteiger partial charge in [-0.05, 0) is 49.9 Å². The van der Waals surface area contributed by atoms with E-state index < -0.39 is 11.7 Å². The first-order valence-electron chi connectivity index (χ1n) is 7.58. The molecule has 0 bridgehead atoms. The van der Waals surface area contributed by atoms with Crippen LogP contribution in [0.5, 0.6) is 0 Å². The average molecular weight is 330 g/mol. The number of urea groups is 1. The van der Waals surface area contributed by atoms with Gasteiger partial charge in [-0.1, -0.05) is 6.07 Å². The fourth-order valence-electron chi connectivity index (χ4n) is 2.61. The van der Waals surface area contributed by atoms with Gasteiger partial charge in [0.15, 0.2) is 0 Å². The van der Waals surface area contributed by atoms with Crippen LogP contribution < -0.4 is 10.6 Å². The Morgan fingerprint density at radius 3 is 2.74 bits per heavy atom. The van der Waals surface area contributed by atoms with Crippen molar-refractivity contribution >= 4 is 6.03 Å². The Balaban J connectivity index is 1.86. The van der Waals surface area contributed by atoms with E-state index >= 15 is 0 Å². The molecule has 1 heterocycles. The van der Waals surface area contributed by atoms with Gasteiger partial charge < -0.3 is 15.4 Å². The number of aryl methyl sites for hydroxylation is 1. The quantitative estimate of drug-likeness (QED) is 0.893. The van der Waals surface area contributed by atoms with E-state index in [1.54, 1.807) is 6.92 Å². The second-order valence-electron chi connectivity index (χ2n) is 5.87. The molecule has 0 aromatic heterocycles. The number of rotatable bonds is 3. The first kappa shape index (κ1) is 17.6. The van der Waals surface area contributed by atoms with E-state index in [2.05, 4.69) is 10.6 Å². The summed E-state index contributed by atoms with van der Waals surface area (Å²) in [6, 6.07) is 3.27. The van der Waals surface area contributed by atoms with Gasteiger partial charge in [-0.15, -0.1) is 0 Å². The predicted molar refractivity (Wildman–Crippen MR) is 80.0 cm³/mol. The number of carbonyl (C=O) groups excluding carboxylic acids is 1. The second-order valence-corrected chi connectivity index (χ2v) is 5.87. The van der Waals surface area contributed by atoms with Gasteiger partial charge in [0.05, 0.1) is 11.7 Å². The standard InChI is InChI=1S/C16H21F3N2O2/c1-10-7-13(16(17,18)19)4-3-12(10)9-20-15(22)21-14-5-6-23-11(2)8-14/h3-4,7,11,14H,5-6,8-9H2,1-2H3,(H2,20,21,22)/t11-,14-/m0/s1. The van der Waals surface area contributed by atoms with Gasteiger partial charge in [-0.25, -0.2) is 4.79 Å². The summed E-state index contributed by atoms with van der Waals surface area (Å²) in [5.41, 5.74) is 0.479. The molecule has 1 aromatic rings. The number of hydrogen-bond donors (Lipinski definition) is 2. The highest BCUT2D eigenvalue weighted by Crippen LogP contribution is 2.30. The van der Waals surface area contributed by atoms with Crippen molar-refractivity contribution in [3.8, 4) is 0 Å².